The zero-order valence-electron chi connectivity index (χ0n) is 19.2. The minimum atomic E-state index is -0.714. The molecular weight excluding hydrogens is 444 g/mol. The molecule has 2 heterocycles. The minimum absolute atomic E-state index is 0.0953. The van der Waals surface area contributed by atoms with Crippen LogP contribution in [0.4, 0.5) is 11.4 Å². The van der Waals surface area contributed by atoms with Crippen LogP contribution in [0.5, 0.6) is 5.75 Å². The standard InChI is InChI=1S/C28H24N2O5/c1-18-27(32)30(15-7-10-19-8-3-2-4-9-19)23-17-21(13-14-25(23)34-18)29-26(31)22-16-20-11-5-6-12-24(20)35-28(22)33/h2-6,8-9,11-14,16-18H,7,10,15H2,1H3,(H,29,31). The van der Waals surface area contributed by atoms with Gasteiger partial charge in [0.1, 0.15) is 16.9 Å². The first-order chi connectivity index (χ1) is 17.0. The number of ether oxygens (including phenoxy) is 1. The molecular formula is C28H24N2O5. The van der Waals surface area contributed by atoms with E-state index in [0.717, 1.165) is 12.8 Å². The van der Waals surface area contributed by atoms with E-state index in [4.69, 9.17) is 9.15 Å². The van der Waals surface area contributed by atoms with E-state index in [1.807, 2.05) is 18.2 Å². The molecule has 1 atom stereocenters. The molecule has 0 fully saturated rings. The van der Waals surface area contributed by atoms with Crippen LogP contribution in [0.1, 0.15) is 29.3 Å². The highest BCUT2D eigenvalue weighted by Crippen LogP contribution is 2.36. The highest BCUT2D eigenvalue weighted by atomic mass is 16.5. The van der Waals surface area contributed by atoms with Gasteiger partial charge in [-0.3, -0.25) is 9.59 Å². The number of carbonyl (C=O) groups excluding carboxylic acids is 2. The molecule has 176 valence electrons. The van der Waals surface area contributed by atoms with E-state index in [1.165, 1.54) is 11.6 Å². The number of anilines is 2. The lowest BCUT2D eigenvalue weighted by Gasteiger charge is -2.33. The van der Waals surface area contributed by atoms with E-state index in [1.54, 1.807) is 54.3 Å². The van der Waals surface area contributed by atoms with Crippen LogP contribution in [0.3, 0.4) is 0 Å². The summed E-state index contributed by atoms with van der Waals surface area (Å²) in [4.78, 5) is 39.9. The van der Waals surface area contributed by atoms with Gasteiger partial charge in [0.2, 0.25) is 0 Å². The predicted octanol–water partition coefficient (Wildman–Crippen LogP) is 4.79. The van der Waals surface area contributed by atoms with E-state index in [9.17, 15) is 14.4 Å². The number of rotatable bonds is 6. The van der Waals surface area contributed by atoms with Crippen molar-refractivity contribution in [2.75, 3.05) is 16.8 Å². The smallest absolute Gasteiger partial charge is 0.349 e. The highest BCUT2D eigenvalue weighted by Gasteiger charge is 2.31. The number of amides is 2. The summed E-state index contributed by atoms with van der Waals surface area (Å²) in [5.41, 5.74) is 1.84. The molecule has 1 aliphatic heterocycles. The van der Waals surface area contributed by atoms with E-state index in [0.29, 0.717) is 34.6 Å². The molecule has 1 N–H and O–H groups in total. The summed E-state index contributed by atoms with van der Waals surface area (Å²) < 4.78 is 11.1. The maximum absolute atomic E-state index is 12.9. The van der Waals surface area contributed by atoms with Crippen molar-refractivity contribution < 1.29 is 18.7 Å². The number of para-hydroxylation sites is 1. The van der Waals surface area contributed by atoms with Crippen LogP contribution in [0.15, 0.2) is 88.1 Å². The molecule has 7 nitrogen and oxygen atoms in total. The van der Waals surface area contributed by atoms with E-state index in [-0.39, 0.29) is 11.5 Å². The summed E-state index contributed by atoms with van der Waals surface area (Å²) in [6.45, 7) is 2.24. The van der Waals surface area contributed by atoms with Crippen LogP contribution < -0.4 is 20.6 Å². The fourth-order valence-electron chi connectivity index (χ4n) is 4.22. The number of carbonyl (C=O) groups is 2. The van der Waals surface area contributed by atoms with Crippen LogP contribution in [-0.4, -0.2) is 24.5 Å². The van der Waals surface area contributed by atoms with Gasteiger partial charge in [0.15, 0.2) is 6.10 Å². The minimum Gasteiger partial charge on any atom is -0.479 e. The highest BCUT2D eigenvalue weighted by molar-refractivity contribution is 6.06. The number of fused-ring (bicyclic) bond motifs is 2. The summed E-state index contributed by atoms with van der Waals surface area (Å²) in [5, 5.41) is 3.40. The molecule has 0 saturated carbocycles. The summed E-state index contributed by atoms with van der Waals surface area (Å²) in [6.07, 6.45) is 1.02. The summed E-state index contributed by atoms with van der Waals surface area (Å²) in [6, 6.07) is 23.7. The topological polar surface area (TPSA) is 88.8 Å². The number of hydrogen-bond acceptors (Lipinski definition) is 5. The van der Waals surface area contributed by atoms with Crippen molar-refractivity contribution in [3.05, 3.63) is 100 Å². The van der Waals surface area contributed by atoms with E-state index < -0.39 is 17.6 Å². The van der Waals surface area contributed by atoms with Crippen molar-refractivity contribution in [1.82, 2.24) is 0 Å². The van der Waals surface area contributed by atoms with Gasteiger partial charge in [0.05, 0.1) is 5.69 Å². The molecule has 1 aliphatic rings. The molecule has 2 amide bonds. The Balaban J connectivity index is 1.37. The largest absolute Gasteiger partial charge is 0.479 e. The quantitative estimate of drug-likeness (QED) is 0.411. The van der Waals surface area contributed by atoms with E-state index >= 15 is 0 Å². The average molecular weight is 469 g/mol. The Morgan fingerprint density at radius 2 is 1.74 bits per heavy atom. The van der Waals surface area contributed by atoms with Gasteiger partial charge in [-0.1, -0.05) is 48.5 Å². The zero-order valence-corrected chi connectivity index (χ0v) is 19.2. The molecule has 0 saturated heterocycles. The summed E-state index contributed by atoms with van der Waals surface area (Å²) >= 11 is 0. The van der Waals surface area contributed by atoms with Crippen molar-refractivity contribution in [3.8, 4) is 5.75 Å². The van der Waals surface area contributed by atoms with Crippen LogP contribution >= 0.6 is 0 Å². The average Bonchev–Trinajstić information content (AvgIpc) is 2.87. The van der Waals surface area contributed by atoms with Crippen molar-refractivity contribution >= 4 is 34.2 Å². The fourth-order valence-corrected chi connectivity index (χ4v) is 4.22. The second kappa shape index (κ2) is 9.46. The first kappa shape index (κ1) is 22.4. The number of nitrogens with one attached hydrogen (secondary N) is 1. The number of aryl methyl sites for hydroxylation is 1. The number of hydrogen-bond donors (Lipinski definition) is 1. The maximum atomic E-state index is 12.9. The maximum Gasteiger partial charge on any atom is 0.349 e. The Bertz CT molecular complexity index is 1460. The molecule has 5 rings (SSSR count). The van der Waals surface area contributed by atoms with Crippen LogP contribution in [0, 0.1) is 0 Å². The van der Waals surface area contributed by atoms with Crippen LogP contribution in [0.25, 0.3) is 11.0 Å². The lowest BCUT2D eigenvalue weighted by Crippen LogP contribution is -2.45. The number of benzene rings is 3. The molecule has 1 aromatic heterocycles. The van der Waals surface area contributed by atoms with E-state index in [2.05, 4.69) is 17.4 Å². The molecule has 0 spiro atoms. The number of nitrogens with zero attached hydrogens (tertiary/aromatic N) is 1. The summed E-state index contributed by atoms with van der Waals surface area (Å²) in [5.74, 6) is -0.152. The van der Waals surface area contributed by atoms with Crippen molar-refractivity contribution in [2.45, 2.75) is 25.9 Å². The normalized spacial score (nSPS) is 14.9. The molecule has 35 heavy (non-hydrogen) atoms. The molecule has 0 aliphatic carbocycles. The first-order valence-corrected chi connectivity index (χ1v) is 11.5. The van der Waals surface area contributed by atoms with Crippen molar-refractivity contribution in [1.29, 1.82) is 0 Å². The molecule has 3 aromatic carbocycles. The first-order valence-electron chi connectivity index (χ1n) is 11.5. The lowest BCUT2D eigenvalue weighted by molar-refractivity contribution is -0.125. The van der Waals surface area contributed by atoms with Gasteiger partial charge >= 0.3 is 5.63 Å². The Morgan fingerprint density at radius 3 is 2.57 bits per heavy atom. The fraction of sp³-hybridized carbons (Fsp3) is 0.179. The Kier molecular flexibility index (Phi) is 6.06. The monoisotopic (exact) mass is 468 g/mol. The Labute approximate surface area is 201 Å². The third-order valence-electron chi connectivity index (χ3n) is 6.00. The third-order valence-corrected chi connectivity index (χ3v) is 6.00. The molecule has 4 aromatic rings. The van der Waals surface area contributed by atoms with Gasteiger partial charge in [-0.25, -0.2) is 4.79 Å². The molecule has 7 heteroatoms. The zero-order chi connectivity index (χ0) is 24.4. The van der Waals surface area contributed by atoms with Gasteiger partial charge in [0, 0.05) is 17.6 Å². The molecule has 0 radical (unpaired) electrons. The predicted molar refractivity (Wildman–Crippen MR) is 134 cm³/mol. The second-order valence-corrected chi connectivity index (χ2v) is 8.46. The lowest BCUT2D eigenvalue weighted by atomic mass is 10.1. The Hall–Kier alpha value is -4.39. The third kappa shape index (κ3) is 4.66. The molecule has 1 unspecified atom stereocenters. The SMILES string of the molecule is CC1Oc2ccc(NC(=O)c3cc4ccccc4oc3=O)cc2N(CCCc2ccccc2)C1=O. The van der Waals surface area contributed by atoms with Gasteiger partial charge in [-0.05, 0) is 55.7 Å². The van der Waals surface area contributed by atoms with Crippen LogP contribution in [0.2, 0.25) is 0 Å². The summed E-state index contributed by atoms with van der Waals surface area (Å²) in [7, 11) is 0. The molecule has 0 bridgehead atoms. The van der Waals surface area contributed by atoms with Gasteiger partial charge in [0.25, 0.3) is 11.8 Å². The van der Waals surface area contributed by atoms with Crippen molar-refractivity contribution in [2.24, 2.45) is 0 Å². The second-order valence-electron chi connectivity index (χ2n) is 8.46. The van der Waals surface area contributed by atoms with Crippen molar-refractivity contribution in [3.63, 3.8) is 0 Å². The van der Waals surface area contributed by atoms with Gasteiger partial charge in [-0.2, -0.15) is 0 Å². The van der Waals surface area contributed by atoms with Gasteiger partial charge in [-0.15, -0.1) is 0 Å². The Morgan fingerprint density at radius 1 is 0.971 bits per heavy atom. The van der Waals surface area contributed by atoms with Crippen LogP contribution in [-0.2, 0) is 11.2 Å². The van der Waals surface area contributed by atoms with Gasteiger partial charge < -0.3 is 19.4 Å².